The van der Waals surface area contributed by atoms with Gasteiger partial charge in [0.15, 0.2) is 0 Å². The number of aromatic nitrogens is 1. The van der Waals surface area contributed by atoms with Crippen LogP contribution in [0.1, 0.15) is 12.5 Å². The number of hydrogen-bond acceptors (Lipinski definition) is 2. The zero-order valence-corrected chi connectivity index (χ0v) is 12.3. The fraction of sp³-hybridized carbons (Fsp3) is 0.500. The first kappa shape index (κ1) is 14.1. The summed E-state index contributed by atoms with van der Waals surface area (Å²) in [6.45, 7) is 6.49. The second-order valence-electron chi connectivity index (χ2n) is 5.19. The van der Waals surface area contributed by atoms with Crippen LogP contribution in [0, 0.1) is 0 Å². The second kappa shape index (κ2) is 6.73. The lowest BCUT2D eigenvalue weighted by Crippen LogP contribution is -2.30. The maximum atomic E-state index is 3.37. The van der Waals surface area contributed by atoms with Crippen molar-refractivity contribution in [3.8, 4) is 0 Å². The van der Waals surface area contributed by atoms with Crippen LogP contribution in [0.15, 0.2) is 30.5 Å². The second-order valence-corrected chi connectivity index (χ2v) is 5.19. The molecule has 0 bridgehead atoms. The topological polar surface area (TPSA) is 20.2 Å². The van der Waals surface area contributed by atoms with Crippen LogP contribution in [0.5, 0.6) is 0 Å². The molecule has 0 fully saturated rings. The number of para-hydroxylation sites is 1. The first-order valence-corrected chi connectivity index (χ1v) is 7.14. The van der Waals surface area contributed by atoms with Crippen LogP contribution in [0.3, 0.4) is 0 Å². The highest BCUT2D eigenvalue weighted by atomic mass is 15.1. The van der Waals surface area contributed by atoms with Gasteiger partial charge in [0.05, 0.1) is 0 Å². The quantitative estimate of drug-likeness (QED) is 0.770. The third kappa shape index (κ3) is 3.58. The van der Waals surface area contributed by atoms with Crippen LogP contribution in [0.2, 0.25) is 0 Å². The lowest BCUT2D eigenvalue weighted by Gasteiger charge is -2.16. The van der Waals surface area contributed by atoms with Crippen molar-refractivity contribution in [2.24, 2.45) is 7.05 Å². The lowest BCUT2D eigenvalue weighted by atomic mass is 10.1. The molecule has 19 heavy (non-hydrogen) atoms. The van der Waals surface area contributed by atoms with E-state index in [0.717, 1.165) is 32.6 Å². The maximum absolute atomic E-state index is 3.37. The van der Waals surface area contributed by atoms with Crippen molar-refractivity contribution < 1.29 is 0 Å². The van der Waals surface area contributed by atoms with E-state index < -0.39 is 0 Å². The number of hydrogen-bond donors (Lipinski definition) is 1. The van der Waals surface area contributed by atoms with Crippen molar-refractivity contribution >= 4 is 10.9 Å². The molecule has 0 aliphatic rings. The molecule has 2 rings (SSSR count). The normalized spacial score (nSPS) is 11.6. The number of nitrogens with zero attached hydrogens (tertiary/aromatic N) is 2. The van der Waals surface area contributed by atoms with Crippen LogP contribution in [0.25, 0.3) is 10.9 Å². The van der Waals surface area contributed by atoms with E-state index in [2.05, 4.69) is 66.3 Å². The molecule has 2 aromatic rings. The van der Waals surface area contributed by atoms with E-state index in [9.17, 15) is 0 Å². The number of fused-ring (bicyclic) bond motifs is 1. The molecule has 0 unspecified atom stereocenters. The van der Waals surface area contributed by atoms with Crippen molar-refractivity contribution in [1.82, 2.24) is 14.8 Å². The Labute approximate surface area is 116 Å². The average Bonchev–Trinajstić information content (AvgIpc) is 2.74. The van der Waals surface area contributed by atoms with Crippen molar-refractivity contribution in [2.75, 3.05) is 33.2 Å². The fourth-order valence-electron chi connectivity index (χ4n) is 2.49. The van der Waals surface area contributed by atoms with Crippen LogP contribution in [0.4, 0.5) is 0 Å². The summed E-state index contributed by atoms with van der Waals surface area (Å²) in [6.07, 6.45) is 3.38. The minimum absolute atomic E-state index is 1.05. The molecule has 0 aliphatic heterocycles. The third-order valence-electron chi connectivity index (χ3n) is 3.66. The summed E-state index contributed by atoms with van der Waals surface area (Å²) in [4.78, 5) is 2.39. The summed E-state index contributed by atoms with van der Waals surface area (Å²) in [5.41, 5.74) is 2.78. The molecule has 1 heterocycles. The molecule has 0 saturated heterocycles. The Morgan fingerprint density at radius 2 is 2.00 bits per heavy atom. The zero-order chi connectivity index (χ0) is 13.7. The summed E-state index contributed by atoms with van der Waals surface area (Å²) >= 11 is 0. The predicted octanol–water partition coefficient (Wildman–Crippen LogP) is 2.26. The van der Waals surface area contributed by atoms with Gasteiger partial charge in [-0.15, -0.1) is 0 Å². The summed E-state index contributed by atoms with van der Waals surface area (Å²) in [5, 5.41) is 4.76. The zero-order valence-electron chi connectivity index (χ0n) is 12.3. The van der Waals surface area contributed by atoms with E-state index in [0.29, 0.717) is 0 Å². The Hall–Kier alpha value is -1.32. The molecule has 0 atom stereocenters. The molecule has 1 N–H and O–H groups in total. The van der Waals surface area contributed by atoms with E-state index in [1.54, 1.807) is 0 Å². The molecular formula is C16H25N3. The van der Waals surface area contributed by atoms with Gasteiger partial charge in [-0.25, -0.2) is 0 Å². The van der Waals surface area contributed by atoms with Gasteiger partial charge in [-0.1, -0.05) is 25.1 Å². The van der Waals surface area contributed by atoms with Crippen LogP contribution in [-0.4, -0.2) is 42.7 Å². The van der Waals surface area contributed by atoms with Crippen LogP contribution >= 0.6 is 0 Å². The standard InChI is InChI=1S/C16H25N3/c1-4-17-10-12-18(2)11-9-14-13-19(3)16-8-6-5-7-15(14)16/h5-8,13,17H,4,9-12H2,1-3H3. The third-order valence-corrected chi connectivity index (χ3v) is 3.66. The van der Waals surface area contributed by atoms with Crippen LogP contribution < -0.4 is 5.32 Å². The number of likely N-dealkylation sites (N-methyl/N-ethyl adjacent to an activating group) is 2. The van der Waals surface area contributed by atoms with Gasteiger partial charge in [0.25, 0.3) is 0 Å². The van der Waals surface area contributed by atoms with Gasteiger partial charge in [-0.2, -0.15) is 0 Å². The van der Waals surface area contributed by atoms with E-state index in [4.69, 9.17) is 0 Å². The summed E-state index contributed by atoms with van der Waals surface area (Å²) in [6, 6.07) is 8.65. The summed E-state index contributed by atoms with van der Waals surface area (Å²) < 4.78 is 2.23. The summed E-state index contributed by atoms with van der Waals surface area (Å²) in [7, 11) is 4.32. The average molecular weight is 259 g/mol. The Morgan fingerprint density at radius 3 is 2.79 bits per heavy atom. The summed E-state index contributed by atoms with van der Waals surface area (Å²) in [5.74, 6) is 0. The lowest BCUT2D eigenvalue weighted by molar-refractivity contribution is 0.337. The van der Waals surface area contributed by atoms with Gasteiger partial charge in [0.2, 0.25) is 0 Å². The van der Waals surface area contributed by atoms with Gasteiger partial charge < -0.3 is 14.8 Å². The van der Waals surface area contributed by atoms with Crippen LogP contribution in [-0.2, 0) is 13.5 Å². The highest BCUT2D eigenvalue weighted by Gasteiger charge is 2.06. The van der Waals surface area contributed by atoms with Crippen molar-refractivity contribution in [3.63, 3.8) is 0 Å². The molecule has 0 aliphatic carbocycles. The van der Waals surface area contributed by atoms with E-state index in [1.165, 1.54) is 16.5 Å². The Bertz CT molecular complexity index is 516. The van der Waals surface area contributed by atoms with Crippen molar-refractivity contribution in [3.05, 3.63) is 36.0 Å². The number of benzene rings is 1. The first-order chi connectivity index (χ1) is 9.22. The fourth-order valence-corrected chi connectivity index (χ4v) is 2.49. The van der Waals surface area contributed by atoms with Crippen molar-refractivity contribution in [1.29, 1.82) is 0 Å². The Morgan fingerprint density at radius 1 is 1.21 bits per heavy atom. The SMILES string of the molecule is CCNCCN(C)CCc1cn(C)c2ccccc12. The van der Waals surface area contributed by atoms with Gasteiger partial charge >= 0.3 is 0 Å². The monoisotopic (exact) mass is 259 g/mol. The molecule has 0 radical (unpaired) electrons. The molecule has 0 amide bonds. The Balaban J connectivity index is 1.94. The largest absolute Gasteiger partial charge is 0.350 e. The van der Waals surface area contributed by atoms with E-state index >= 15 is 0 Å². The van der Waals surface area contributed by atoms with Gasteiger partial charge in [-0.05, 0) is 31.6 Å². The molecule has 3 heteroatoms. The minimum Gasteiger partial charge on any atom is -0.350 e. The van der Waals surface area contributed by atoms with Gasteiger partial charge in [-0.3, -0.25) is 0 Å². The smallest absolute Gasteiger partial charge is 0.0480 e. The van der Waals surface area contributed by atoms with E-state index in [-0.39, 0.29) is 0 Å². The number of rotatable bonds is 7. The maximum Gasteiger partial charge on any atom is 0.0480 e. The molecule has 1 aromatic heterocycles. The van der Waals surface area contributed by atoms with E-state index in [1.807, 2.05) is 0 Å². The molecule has 0 saturated carbocycles. The van der Waals surface area contributed by atoms with Gasteiger partial charge in [0.1, 0.15) is 0 Å². The first-order valence-electron chi connectivity index (χ1n) is 7.14. The minimum atomic E-state index is 1.05. The predicted molar refractivity (Wildman–Crippen MR) is 82.7 cm³/mol. The highest BCUT2D eigenvalue weighted by Crippen LogP contribution is 2.20. The highest BCUT2D eigenvalue weighted by molar-refractivity contribution is 5.83. The van der Waals surface area contributed by atoms with Crippen molar-refractivity contribution in [2.45, 2.75) is 13.3 Å². The molecule has 1 aromatic carbocycles. The molecule has 0 spiro atoms. The molecule has 104 valence electrons. The Kier molecular flexibility index (Phi) is 5.00. The molecular weight excluding hydrogens is 234 g/mol. The number of aryl methyl sites for hydroxylation is 1. The van der Waals surface area contributed by atoms with Gasteiger partial charge in [0, 0.05) is 43.8 Å². The molecule has 3 nitrogen and oxygen atoms in total. The number of nitrogens with one attached hydrogen (secondary N) is 1.